The number of carbonyl (C=O) groups excluding carboxylic acids is 1. The van der Waals surface area contributed by atoms with E-state index in [4.69, 9.17) is 9.47 Å². The number of amides is 1. The van der Waals surface area contributed by atoms with E-state index in [0.717, 1.165) is 29.8 Å². The number of thiazole rings is 1. The third-order valence-electron chi connectivity index (χ3n) is 6.95. The lowest BCUT2D eigenvalue weighted by molar-refractivity contribution is -0.683. The zero-order valence-electron chi connectivity index (χ0n) is 24.0. The topological polar surface area (TPSA) is 51.4 Å². The van der Waals surface area contributed by atoms with Crippen LogP contribution >= 0.6 is 11.3 Å². The number of nitrogens with zero attached hydrogens (tertiary/aromatic N) is 1. The number of nitrogens with one attached hydrogen (secondary N) is 1. The number of benzene rings is 2. The normalized spacial score (nSPS) is 10.9. The molecule has 0 saturated carbocycles. The number of carbonyl (C=O) groups is 1. The molecule has 212 valence electrons. The molecule has 1 amide bonds. The lowest BCUT2D eigenvalue weighted by atomic mass is 10.1. The fraction of sp³-hybridized carbons (Fsp3) is 0.515. The van der Waals surface area contributed by atoms with Crippen molar-refractivity contribution in [2.24, 2.45) is 0 Å². The highest BCUT2D eigenvalue weighted by atomic mass is 32.1. The van der Waals surface area contributed by atoms with Gasteiger partial charge in [0.15, 0.2) is 24.2 Å². The van der Waals surface area contributed by atoms with E-state index in [1.54, 1.807) is 18.4 Å². The van der Waals surface area contributed by atoms with Gasteiger partial charge in [0.25, 0.3) is 0 Å². The average molecular weight is 552 g/mol. The van der Waals surface area contributed by atoms with Crippen LogP contribution in [0.3, 0.4) is 0 Å². The standard InChI is InChI=1S/C33H46N2O3S/c1-3-4-5-6-7-8-9-10-11-12-13-14-21-38-32-24-28(18-19-31(32)37-2)25-33(36)34-30-17-15-16-29(23-30)26-35-20-22-39-27-35/h15-20,22-24,27H,3-14,21,25-26H2,1-2H3/p+1. The van der Waals surface area contributed by atoms with Gasteiger partial charge in [0.2, 0.25) is 11.4 Å². The summed E-state index contributed by atoms with van der Waals surface area (Å²) in [5, 5.41) is 5.09. The van der Waals surface area contributed by atoms with Crippen molar-refractivity contribution < 1.29 is 18.8 Å². The minimum Gasteiger partial charge on any atom is -0.493 e. The van der Waals surface area contributed by atoms with E-state index < -0.39 is 0 Å². The van der Waals surface area contributed by atoms with Crippen LogP contribution in [0.1, 0.15) is 95.1 Å². The Morgan fingerprint density at radius 1 is 0.846 bits per heavy atom. The average Bonchev–Trinajstić information content (AvgIpc) is 3.44. The number of unbranched alkanes of at least 4 members (excludes halogenated alkanes) is 11. The Morgan fingerprint density at radius 3 is 2.23 bits per heavy atom. The molecule has 0 aliphatic heterocycles. The van der Waals surface area contributed by atoms with Gasteiger partial charge in [0, 0.05) is 11.3 Å². The smallest absolute Gasteiger partial charge is 0.228 e. The molecular formula is C33H47N2O3S+. The number of ether oxygens (including phenoxy) is 2. The molecule has 0 fully saturated rings. The summed E-state index contributed by atoms with van der Waals surface area (Å²) < 4.78 is 13.7. The molecule has 0 unspecified atom stereocenters. The zero-order valence-corrected chi connectivity index (χ0v) is 24.8. The first-order chi connectivity index (χ1) is 19.2. The number of rotatable bonds is 20. The van der Waals surface area contributed by atoms with Crippen LogP contribution < -0.4 is 19.4 Å². The summed E-state index contributed by atoms with van der Waals surface area (Å²) in [7, 11) is 1.65. The largest absolute Gasteiger partial charge is 0.493 e. The van der Waals surface area contributed by atoms with Gasteiger partial charge in [-0.1, -0.05) is 107 Å². The van der Waals surface area contributed by atoms with Gasteiger partial charge < -0.3 is 14.8 Å². The monoisotopic (exact) mass is 551 g/mol. The van der Waals surface area contributed by atoms with Crippen molar-refractivity contribution in [2.45, 2.75) is 96.9 Å². The van der Waals surface area contributed by atoms with Crippen molar-refractivity contribution in [1.29, 1.82) is 0 Å². The highest BCUT2D eigenvalue weighted by molar-refractivity contribution is 7.07. The van der Waals surface area contributed by atoms with Crippen molar-refractivity contribution in [3.8, 4) is 11.5 Å². The predicted octanol–water partition coefficient (Wildman–Crippen LogP) is 8.35. The van der Waals surface area contributed by atoms with Gasteiger partial charge in [-0.15, -0.1) is 0 Å². The molecule has 3 rings (SSSR count). The molecule has 3 aromatic rings. The van der Waals surface area contributed by atoms with Crippen LogP contribution in [0.15, 0.2) is 59.6 Å². The Labute approximate surface area is 239 Å². The second kappa shape index (κ2) is 18.4. The van der Waals surface area contributed by atoms with Gasteiger partial charge in [0.05, 0.1) is 25.5 Å². The van der Waals surface area contributed by atoms with Crippen LogP contribution in [-0.4, -0.2) is 19.6 Å². The predicted molar refractivity (Wildman–Crippen MR) is 162 cm³/mol. The Hall–Kier alpha value is -2.86. The summed E-state index contributed by atoms with van der Waals surface area (Å²) in [6.07, 6.45) is 18.2. The van der Waals surface area contributed by atoms with Crippen molar-refractivity contribution in [2.75, 3.05) is 19.0 Å². The maximum Gasteiger partial charge on any atom is 0.228 e. The van der Waals surface area contributed by atoms with E-state index in [9.17, 15) is 4.79 Å². The molecule has 39 heavy (non-hydrogen) atoms. The number of anilines is 1. The molecule has 0 spiro atoms. The first-order valence-electron chi connectivity index (χ1n) is 14.8. The molecule has 5 nitrogen and oxygen atoms in total. The summed E-state index contributed by atoms with van der Waals surface area (Å²) in [4.78, 5) is 12.8. The SMILES string of the molecule is CCCCCCCCCCCCCCOc1cc(CC(=O)Nc2cccc(C[n+]3ccsc3)c2)ccc1OC. The molecule has 2 aromatic carbocycles. The summed E-state index contributed by atoms with van der Waals surface area (Å²) in [5.74, 6) is 1.37. The van der Waals surface area contributed by atoms with Crippen LogP contribution in [-0.2, 0) is 17.8 Å². The van der Waals surface area contributed by atoms with Crippen molar-refractivity contribution in [3.05, 3.63) is 70.7 Å². The van der Waals surface area contributed by atoms with Gasteiger partial charge in [0.1, 0.15) is 0 Å². The highest BCUT2D eigenvalue weighted by Gasteiger charge is 2.11. The second-order valence-electron chi connectivity index (χ2n) is 10.3. The molecule has 1 heterocycles. The van der Waals surface area contributed by atoms with E-state index in [1.807, 2.05) is 36.4 Å². The lowest BCUT2D eigenvalue weighted by Crippen LogP contribution is -2.30. The van der Waals surface area contributed by atoms with Crippen LogP contribution in [0.25, 0.3) is 0 Å². The number of aromatic nitrogens is 1. The van der Waals surface area contributed by atoms with Gasteiger partial charge >= 0.3 is 0 Å². The second-order valence-corrected chi connectivity index (χ2v) is 11.1. The molecule has 6 heteroatoms. The summed E-state index contributed by atoms with van der Waals surface area (Å²) >= 11 is 1.67. The molecule has 0 atom stereocenters. The Bertz CT molecular complexity index is 1080. The van der Waals surface area contributed by atoms with Crippen molar-refractivity contribution in [3.63, 3.8) is 0 Å². The Morgan fingerprint density at radius 2 is 1.56 bits per heavy atom. The minimum absolute atomic E-state index is 0.0487. The van der Waals surface area contributed by atoms with E-state index in [0.29, 0.717) is 18.1 Å². The van der Waals surface area contributed by atoms with Crippen LogP contribution in [0, 0.1) is 0 Å². The maximum atomic E-state index is 12.8. The summed E-state index contributed by atoms with van der Waals surface area (Å²) in [6, 6.07) is 13.8. The molecule has 0 bridgehead atoms. The van der Waals surface area contributed by atoms with Crippen LogP contribution in [0.5, 0.6) is 11.5 Å². The third-order valence-corrected chi connectivity index (χ3v) is 7.62. The zero-order chi connectivity index (χ0) is 27.5. The van der Waals surface area contributed by atoms with E-state index in [2.05, 4.69) is 40.0 Å². The van der Waals surface area contributed by atoms with Crippen molar-refractivity contribution in [1.82, 2.24) is 0 Å². The first kappa shape index (κ1) is 30.7. The number of methoxy groups -OCH3 is 1. The van der Waals surface area contributed by atoms with Gasteiger partial charge in [-0.3, -0.25) is 4.79 Å². The molecule has 0 aliphatic carbocycles. The van der Waals surface area contributed by atoms with Gasteiger partial charge in [-0.05, 0) is 36.2 Å². The molecule has 0 aliphatic rings. The van der Waals surface area contributed by atoms with Gasteiger partial charge in [-0.2, -0.15) is 4.57 Å². The van der Waals surface area contributed by atoms with E-state index >= 15 is 0 Å². The molecular weight excluding hydrogens is 504 g/mol. The lowest BCUT2D eigenvalue weighted by Gasteiger charge is -2.13. The highest BCUT2D eigenvalue weighted by Crippen LogP contribution is 2.29. The molecule has 1 aromatic heterocycles. The van der Waals surface area contributed by atoms with Crippen LogP contribution in [0.2, 0.25) is 0 Å². The molecule has 1 N–H and O–H groups in total. The number of hydrogen-bond donors (Lipinski definition) is 1. The van der Waals surface area contributed by atoms with Crippen molar-refractivity contribution >= 4 is 22.9 Å². The molecule has 0 radical (unpaired) electrons. The Balaban J connectivity index is 1.35. The quantitative estimate of drug-likeness (QED) is 0.113. The van der Waals surface area contributed by atoms with Gasteiger partial charge in [-0.25, -0.2) is 0 Å². The fourth-order valence-electron chi connectivity index (χ4n) is 4.77. The minimum atomic E-state index is -0.0487. The number of hydrogen-bond acceptors (Lipinski definition) is 4. The van der Waals surface area contributed by atoms with E-state index in [1.165, 1.54) is 70.6 Å². The Kier molecular flexibility index (Phi) is 14.5. The third kappa shape index (κ3) is 12.2. The first-order valence-corrected chi connectivity index (χ1v) is 15.7. The molecule has 0 saturated heterocycles. The summed E-state index contributed by atoms with van der Waals surface area (Å²) in [5.41, 5.74) is 4.94. The summed E-state index contributed by atoms with van der Waals surface area (Å²) in [6.45, 7) is 3.72. The van der Waals surface area contributed by atoms with Crippen LogP contribution in [0.4, 0.5) is 5.69 Å². The maximum absolute atomic E-state index is 12.8. The van der Waals surface area contributed by atoms with E-state index in [-0.39, 0.29) is 12.3 Å². The fourth-order valence-corrected chi connectivity index (χ4v) is 5.37.